The third kappa shape index (κ3) is 2.78. The van der Waals surface area contributed by atoms with Crippen LogP contribution < -0.4 is 16.1 Å². The summed E-state index contributed by atoms with van der Waals surface area (Å²) in [6.45, 7) is 1.92. The fourth-order valence-electron chi connectivity index (χ4n) is 3.36. The number of hydrogen-bond donors (Lipinski definition) is 1. The molecule has 1 saturated carbocycles. The van der Waals surface area contributed by atoms with Crippen LogP contribution in [0.15, 0.2) is 31.9 Å². The summed E-state index contributed by atoms with van der Waals surface area (Å²) in [7, 11) is 1.58. The van der Waals surface area contributed by atoms with Gasteiger partial charge in [0.05, 0.1) is 12.6 Å². The molecule has 0 spiro atoms. The summed E-state index contributed by atoms with van der Waals surface area (Å²) in [5, 5.41) is 4.90. The molecule has 4 rings (SSSR count). The average molecular weight is 355 g/mol. The van der Waals surface area contributed by atoms with Crippen molar-refractivity contribution in [2.75, 3.05) is 7.11 Å². The molecule has 1 aliphatic carbocycles. The molecule has 2 heterocycles. The minimum Gasteiger partial charge on any atom is -0.497 e. The highest BCUT2D eigenvalue weighted by molar-refractivity contribution is 5.82. The van der Waals surface area contributed by atoms with E-state index in [9.17, 15) is 4.79 Å². The van der Waals surface area contributed by atoms with Crippen molar-refractivity contribution in [2.24, 2.45) is 5.73 Å². The van der Waals surface area contributed by atoms with Crippen LogP contribution in [-0.4, -0.2) is 17.3 Å². The average Bonchev–Trinajstić information content (AvgIpc) is 3.08. The normalized spacial score (nSPS) is 15.8. The number of fused-ring (bicyclic) bond motifs is 1. The first-order valence-electron chi connectivity index (χ1n) is 8.72. The predicted molar refractivity (Wildman–Crippen MR) is 95.2 cm³/mol. The number of hydrogen-bond acceptors (Lipinski definition) is 7. The highest BCUT2D eigenvalue weighted by atomic mass is 16.5. The maximum Gasteiger partial charge on any atom is 0.339 e. The molecule has 0 bridgehead atoms. The Bertz CT molecular complexity index is 1020. The zero-order valence-corrected chi connectivity index (χ0v) is 14.9. The van der Waals surface area contributed by atoms with Gasteiger partial charge in [-0.05, 0) is 50.3 Å². The molecule has 1 aromatic carbocycles. The molecule has 7 nitrogen and oxygen atoms in total. The van der Waals surface area contributed by atoms with Crippen LogP contribution in [0.4, 0.5) is 0 Å². The van der Waals surface area contributed by atoms with Crippen LogP contribution in [0.1, 0.15) is 42.1 Å². The second-order valence-electron chi connectivity index (χ2n) is 6.88. The topological polar surface area (TPSA) is 104 Å². The van der Waals surface area contributed by atoms with Crippen LogP contribution in [0.5, 0.6) is 5.75 Å². The largest absolute Gasteiger partial charge is 0.497 e. The monoisotopic (exact) mass is 355 g/mol. The third-order valence-corrected chi connectivity index (χ3v) is 5.24. The van der Waals surface area contributed by atoms with Crippen molar-refractivity contribution >= 4 is 11.0 Å². The SMILES string of the molecule is COc1ccc2c(C)c(CCc3nc(C4(N)CCC4)no3)c(=O)oc2c1. The van der Waals surface area contributed by atoms with Gasteiger partial charge in [0.1, 0.15) is 11.3 Å². The molecule has 0 radical (unpaired) electrons. The van der Waals surface area contributed by atoms with E-state index in [4.69, 9.17) is 19.4 Å². The number of aromatic nitrogens is 2. The van der Waals surface area contributed by atoms with Gasteiger partial charge in [-0.25, -0.2) is 4.79 Å². The molecule has 2 N–H and O–H groups in total. The first kappa shape index (κ1) is 16.8. The van der Waals surface area contributed by atoms with E-state index in [0.717, 1.165) is 30.2 Å². The van der Waals surface area contributed by atoms with E-state index >= 15 is 0 Å². The molecule has 0 aliphatic heterocycles. The van der Waals surface area contributed by atoms with Gasteiger partial charge in [0.2, 0.25) is 5.89 Å². The Labute approximate surface area is 150 Å². The Hall–Kier alpha value is -2.67. The van der Waals surface area contributed by atoms with Crippen LogP contribution in [0, 0.1) is 6.92 Å². The van der Waals surface area contributed by atoms with Crippen molar-refractivity contribution in [3.05, 3.63) is 51.5 Å². The number of benzene rings is 1. The van der Waals surface area contributed by atoms with E-state index in [0.29, 0.717) is 41.5 Å². The van der Waals surface area contributed by atoms with Crippen molar-refractivity contribution in [1.82, 2.24) is 10.1 Å². The van der Waals surface area contributed by atoms with E-state index < -0.39 is 5.54 Å². The molecule has 0 amide bonds. The van der Waals surface area contributed by atoms with Gasteiger partial charge >= 0.3 is 5.63 Å². The Morgan fingerprint density at radius 3 is 2.81 bits per heavy atom. The molecule has 136 valence electrons. The molecule has 7 heteroatoms. The summed E-state index contributed by atoms with van der Waals surface area (Å²) in [5.41, 5.74) is 7.46. The number of nitrogens with zero attached hydrogens (tertiary/aromatic N) is 2. The summed E-state index contributed by atoms with van der Waals surface area (Å²) in [5.74, 6) is 1.70. The van der Waals surface area contributed by atoms with Gasteiger partial charge in [-0.2, -0.15) is 4.98 Å². The zero-order chi connectivity index (χ0) is 18.3. The first-order chi connectivity index (χ1) is 12.5. The molecule has 0 atom stereocenters. The third-order valence-electron chi connectivity index (χ3n) is 5.24. The highest BCUT2D eigenvalue weighted by Crippen LogP contribution is 2.36. The second kappa shape index (κ2) is 6.25. The predicted octanol–water partition coefficient (Wildman–Crippen LogP) is 2.62. The van der Waals surface area contributed by atoms with E-state index in [2.05, 4.69) is 10.1 Å². The fraction of sp³-hybridized carbons (Fsp3) is 0.421. The van der Waals surface area contributed by atoms with Crippen LogP contribution in [-0.2, 0) is 18.4 Å². The quantitative estimate of drug-likeness (QED) is 0.701. The Kier molecular flexibility index (Phi) is 4.03. The van der Waals surface area contributed by atoms with Gasteiger partial charge in [-0.1, -0.05) is 5.16 Å². The van der Waals surface area contributed by atoms with Crippen molar-refractivity contribution in [3.8, 4) is 5.75 Å². The molecule has 0 unspecified atom stereocenters. The van der Waals surface area contributed by atoms with Gasteiger partial charge in [-0.15, -0.1) is 0 Å². The van der Waals surface area contributed by atoms with E-state index in [1.54, 1.807) is 13.2 Å². The lowest BCUT2D eigenvalue weighted by Gasteiger charge is -2.34. The van der Waals surface area contributed by atoms with Crippen molar-refractivity contribution in [2.45, 2.75) is 44.6 Å². The standard InChI is InChI=1S/C19H21N3O4/c1-11-13-5-4-12(24-2)10-15(13)25-17(23)14(11)6-7-16-21-18(22-26-16)19(20)8-3-9-19/h4-5,10H,3,6-9,20H2,1-2H3. The van der Waals surface area contributed by atoms with Crippen LogP contribution in [0.25, 0.3) is 11.0 Å². The van der Waals surface area contributed by atoms with E-state index in [1.165, 1.54) is 0 Å². The highest BCUT2D eigenvalue weighted by Gasteiger charge is 2.38. The number of aryl methyl sites for hydroxylation is 2. The minimum atomic E-state index is -0.446. The van der Waals surface area contributed by atoms with Crippen LogP contribution >= 0.6 is 0 Å². The summed E-state index contributed by atoms with van der Waals surface area (Å²) >= 11 is 0. The van der Waals surface area contributed by atoms with Crippen molar-refractivity contribution in [3.63, 3.8) is 0 Å². The summed E-state index contributed by atoms with van der Waals surface area (Å²) in [6, 6.07) is 5.47. The van der Waals surface area contributed by atoms with Gasteiger partial charge in [0.15, 0.2) is 5.82 Å². The van der Waals surface area contributed by atoms with E-state index in [-0.39, 0.29) is 5.63 Å². The van der Waals surface area contributed by atoms with Crippen molar-refractivity contribution < 1.29 is 13.7 Å². The molecule has 1 fully saturated rings. The number of nitrogens with two attached hydrogens (primary N) is 1. The molecular weight excluding hydrogens is 334 g/mol. The summed E-state index contributed by atoms with van der Waals surface area (Å²) in [4.78, 5) is 16.8. The van der Waals surface area contributed by atoms with Crippen LogP contribution in [0.3, 0.4) is 0 Å². The second-order valence-corrected chi connectivity index (χ2v) is 6.88. The number of ether oxygens (including phenoxy) is 1. The Morgan fingerprint density at radius 2 is 2.12 bits per heavy atom. The number of rotatable bonds is 5. The lowest BCUT2D eigenvalue weighted by atomic mass is 9.77. The van der Waals surface area contributed by atoms with Crippen LogP contribution in [0.2, 0.25) is 0 Å². The summed E-state index contributed by atoms with van der Waals surface area (Å²) in [6.07, 6.45) is 3.78. The molecule has 2 aromatic heterocycles. The van der Waals surface area contributed by atoms with Gasteiger partial charge in [-0.3, -0.25) is 0 Å². The lowest BCUT2D eigenvalue weighted by molar-refractivity contribution is 0.229. The molecule has 26 heavy (non-hydrogen) atoms. The van der Waals surface area contributed by atoms with E-state index in [1.807, 2.05) is 19.1 Å². The Morgan fingerprint density at radius 1 is 1.31 bits per heavy atom. The lowest BCUT2D eigenvalue weighted by Crippen LogP contribution is -2.44. The molecule has 0 saturated heterocycles. The fourth-order valence-corrected chi connectivity index (χ4v) is 3.36. The molecule has 1 aliphatic rings. The van der Waals surface area contributed by atoms with Gasteiger partial charge < -0.3 is 19.4 Å². The maximum absolute atomic E-state index is 12.4. The maximum atomic E-state index is 12.4. The number of methoxy groups -OCH3 is 1. The Balaban J connectivity index is 1.58. The summed E-state index contributed by atoms with van der Waals surface area (Å²) < 4.78 is 16.0. The van der Waals surface area contributed by atoms with Gasteiger partial charge in [0.25, 0.3) is 0 Å². The first-order valence-corrected chi connectivity index (χ1v) is 8.72. The molecule has 3 aromatic rings. The van der Waals surface area contributed by atoms with Gasteiger partial charge in [0, 0.05) is 23.4 Å². The molecular formula is C19H21N3O4. The van der Waals surface area contributed by atoms with Crippen molar-refractivity contribution in [1.29, 1.82) is 0 Å². The minimum absolute atomic E-state index is 0.350. The smallest absolute Gasteiger partial charge is 0.339 e. The zero-order valence-electron chi connectivity index (χ0n) is 14.9.